The Morgan fingerprint density at radius 3 is 2.49 bits per heavy atom. The molecule has 4 heterocycles. The quantitative estimate of drug-likeness (QED) is 0.360. The summed E-state index contributed by atoms with van der Waals surface area (Å²) in [6.45, 7) is 1.82. The van der Waals surface area contributed by atoms with E-state index >= 15 is 0 Å². The second-order valence-corrected chi connectivity index (χ2v) is 8.50. The maximum atomic E-state index is 14.2. The molecule has 1 unspecified atom stereocenters. The van der Waals surface area contributed by atoms with Crippen LogP contribution >= 0.6 is 0 Å². The van der Waals surface area contributed by atoms with Gasteiger partial charge < -0.3 is 15.3 Å². The number of halogens is 1. The van der Waals surface area contributed by atoms with Crippen LogP contribution in [0.3, 0.4) is 0 Å². The number of anilines is 1. The summed E-state index contributed by atoms with van der Waals surface area (Å²) in [6.07, 6.45) is 2.59. The van der Waals surface area contributed by atoms with Crippen LogP contribution in [0.4, 0.5) is 10.2 Å². The Bertz CT molecular complexity index is 1870. The minimum absolute atomic E-state index is 0.134. The summed E-state index contributed by atoms with van der Waals surface area (Å²) in [5.41, 5.74) is 8.23. The van der Waals surface area contributed by atoms with Crippen molar-refractivity contribution in [2.75, 3.05) is 5.73 Å². The molecular formula is C27H19FN6O3. The molecule has 0 fully saturated rings. The van der Waals surface area contributed by atoms with Crippen molar-refractivity contribution >= 4 is 27.6 Å². The zero-order valence-corrected chi connectivity index (χ0v) is 19.5. The molecule has 10 heteroatoms. The fraction of sp³-hybridized carbons (Fsp3) is 0.0741. The van der Waals surface area contributed by atoms with Gasteiger partial charge in [-0.2, -0.15) is 5.10 Å². The highest BCUT2D eigenvalue weighted by molar-refractivity contribution is 5.99. The van der Waals surface area contributed by atoms with Gasteiger partial charge in [-0.1, -0.05) is 48.5 Å². The largest absolute Gasteiger partial charge is 0.491 e. The molecule has 0 aliphatic heterocycles. The third-order valence-electron chi connectivity index (χ3n) is 6.29. The van der Waals surface area contributed by atoms with Crippen molar-refractivity contribution in [2.45, 2.75) is 13.0 Å². The summed E-state index contributed by atoms with van der Waals surface area (Å²) in [5, 5.41) is 15.8. The SMILES string of the molecule is CC(c1oc(=O)c2ccccc2c1-c1ccccc1)n1nc(-c2cnc(O)c(F)c2)c2c(N)ncnc21. The van der Waals surface area contributed by atoms with Crippen molar-refractivity contribution in [3.63, 3.8) is 0 Å². The first-order chi connectivity index (χ1) is 17.9. The number of aromatic nitrogens is 5. The Balaban J connectivity index is 1.64. The van der Waals surface area contributed by atoms with Crippen LogP contribution < -0.4 is 11.4 Å². The first kappa shape index (κ1) is 22.4. The van der Waals surface area contributed by atoms with E-state index in [0.717, 1.165) is 22.6 Å². The molecule has 0 aliphatic carbocycles. The van der Waals surface area contributed by atoms with Crippen molar-refractivity contribution in [3.8, 4) is 28.3 Å². The van der Waals surface area contributed by atoms with Gasteiger partial charge in [0.05, 0.1) is 10.8 Å². The Morgan fingerprint density at radius 2 is 1.73 bits per heavy atom. The Kier molecular flexibility index (Phi) is 5.15. The number of aromatic hydroxyl groups is 1. The molecule has 3 N–H and O–H groups in total. The maximum Gasteiger partial charge on any atom is 0.343 e. The van der Waals surface area contributed by atoms with Crippen molar-refractivity contribution in [2.24, 2.45) is 0 Å². The first-order valence-electron chi connectivity index (χ1n) is 11.4. The summed E-state index contributed by atoms with van der Waals surface area (Å²) < 4.78 is 21.7. The second-order valence-electron chi connectivity index (χ2n) is 8.50. The molecule has 9 nitrogen and oxygen atoms in total. The van der Waals surface area contributed by atoms with E-state index in [1.54, 1.807) is 16.8 Å². The van der Waals surface area contributed by atoms with Crippen LogP contribution in [-0.2, 0) is 0 Å². The van der Waals surface area contributed by atoms with Crippen molar-refractivity contribution in [1.82, 2.24) is 24.7 Å². The molecule has 1 atom stereocenters. The standard InChI is InChI=1S/C27H19FN6O3/c1-14(23-20(15-7-3-2-4-8-15)17-9-5-6-10-18(17)27(36)37-23)34-25-21(24(29)31-13-32-25)22(33-34)16-11-19(28)26(35)30-12-16/h2-14H,1H3,(H,30,35)(H2,29,31,32). The minimum atomic E-state index is -0.907. The minimum Gasteiger partial charge on any atom is -0.491 e. The van der Waals surface area contributed by atoms with Gasteiger partial charge >= 0.3 is 5.63 Å². The predicted octanol–water partition coefficient (Wildman–Crippen LogP) is 4.70. The molecule has 0 bridgehead atoms. The topological polar surface area (TPSA) is 133 Å². The van der Waals surface area contributed by atoms with Gasteiger partial charge in [-0.3, -0.25) is 0 Å². The van der Waals surface area contributed by atoms with Gasteiger partial charge in [0.1, 0.15) is 29.6 Å². The van der Waals surface area contributed by atoms with Crippen LogP contribution in [0, 0.1) is 5.82 Å². The van der Waals surface area contributed by atoms with Crippen LogP contribution in [0.1, 0.15) is 18.7 Å². The Hall–Kier alpha value is -5.12. The van der Waals surface area contributed by atoms with Crippen molar-refractivity contribution in [3.05, 3.63) is 95.2 Å². The van der Waals surface area contributed by atoms with Crippen molar-refractivity contribution < 1.29 is 13.9 Å². The highest BCUT2D eigenvalue weighted by atomic mass is 19.1. The van der Waals surface area contributed by atoms with Gasteiger partial charge in [-0.15, -0.1) is 0 Å². The molecule has 0 saturated carbocycles. The predicted molar refractivity (Wildman–Crippen MR) is 136 cm³/mol. The average Bonchev–Trinajstić information content (AvgIpc) is 3.31. The van der Waals surface area contributed by atoms with Crippen LogP contribution in [0.15, 0.2) is 82.4 Å². The molecule has 182 valence electrons. The molecular weight excluding hydrogens is 475 g/mol. The lowest BCUT2D eigenvalue weighted by molar-refractivity contribution is 0.405. The molecule has 4 aromatic heterocycles. The molecule has 37 heavy (non-hydrogen) atoms. The van der Waals surface area contributed by atoms with Crippen LogP contribution in [0.2, 0.25) is 0 Å². The number of nitrogens with two attached hydrogens (primary N) is 1. The second kappa shape index (κ2) is 8.52. The molecule has 6 aromatic rings. The van der Waals surface area contributed by atoms with Gasteiger partial charge in [-0.25, -0.2) is 28.8 Å². The molecule has 6 rings (SSSR count). The van der Waals surface area contributed by atoms with E-state index in [9.17, 15) is 14.3 Å². The van der Waals surface area contributed by atoms with Gasteiger partial charge in [0.2, 0.25) is 5.88 Å². The first-order valence-corrected chi connectivity index (χ1v) is 11.4. The van der Waals surface area contributed by atoms with E-state index in [-0.39, 0.29) is 17.1 Å². The Morgan fingerprint density at radius 1 is 1.00 bits per heavy atom. The van der Waals surface area contributed by atoms with E-state index in [1.165, 1.54) is 12.5 Å². The molecule has 0 amide bonds. The van der Waals surface area contributed by atoms with E-state index in [2.05, 4.69) is 15.0 Å². The van der Waals surface area contributed by atoms with E-state index < -0.39 is 23.4 Å². The van der Waals surface area contributed by atoms with Crippen LogP contribution in [-0.4, -0.2) is 29.8 Å². The summed E-state index contributed by atoms with van der Waals surface area (Å²) >= 11 is 0. The zero-order valence-electron chi connectivity index (χ0n) is 19.5. The Labute approximate surface area is 208 Å². The lowest BCUT2D eigenvalue weighted by Gasteiger charge is -2.18. The third kappa shape index (κ3) is 3.57. The average molecular weight is 494 g/mol. The van der Waals surface area contributed by atoms with Gasteiger partial charge in [0.25, 0.3) is 0 Å². The number of benzene rings is 2. The summed E-state index contributed by atoms with van der Waals surface area (Å²) in [4.78, 5) is 25.2. The highest BCUT2D eigenvalue weighted by Gasteiger charge is 2.27. The third-order valence-corrected chi connectivity index (χ3v) is 6.29. The maximum absolute atomic E-state index is 14.2. The highest BCUT2D eigenvalue weighted by Crippen LogP contribution is 2.38. The number of fused-ring (bicyclic) bond motifs is 2. The number of hydrogen-bond donors (Lipinski definition) is 2. The fourth-order valence-corrected chi connectivity index (χ4v) is 4.55. The summed E-state index contributed by atoms with van der Waals surface area (Å²) in [7, 11) is 0. The van der Waals surface area contributed by atoms with Crippen LogP contribution in [0.25, 0.3) is 44.2 Å². The normalized spacial score (nSPS) is 12.3. The summed E-state index contributed by atoms with van der Waals surface area (Å²) in [6, 6.07) is 17.3. The van der Waals surface area contributed by atoms with E-state index in [0.29, 0.717) is 22.2 Å². The zero-order chi connectivity index (χ0) is 25.7. The summed E-state index contributed by atoms with van der Waals surface area (Å²) in [5.74, 6) is -1.13. The van der Waals surface area contributed by atoms with Gasteiger partial charge in [-0.05, 0) is 24.6 Å². The van der Waals surface area contributed by atoms with Gasteiger partial charge in [0.15, 0.2) is 11.5 Å². The number of nitrogen functional groups attached to an aromatic ring is 1. The number of hydrogen-bond acceptors (Lipinski definition) is 8. The molecule has 0 spiro atoms. The number of rotatable bonds is 4. The lowest BCUT2D eigenvalue weighted by Crippen LogP contribution is -2.14. The molecule has 0 saturated heterocycles. The van der Waals surface area contributed by atoms with E-state index in [4.69, 9.17) is 15.2 Å². The van der Waals surface area contributed by atoms with Crippen molar-refractivity contribution in [1.29, 1.82) is 0 Å². The fourth-order valence-electron chi connectivity index (χ4n) is 4.55. The molecule has 0 radical (unpaired) electrons. The van der Waals surface area contributed by atoms with E-state index in [1.807, 2.05) is 49.4 Å². The number of nitrogens with zero attached hydrogens (tertiary/aromatic N) is 5. The number of pyridine rings is 1. The van der Waals surface area contributed by atoms with Gasteiger partial charge in [0, 0.05) is 22.7 Å². The molecule has 0 aliphatic rings. The smallest absolute Gasteiger partial charge is 0.343 e. The monoisotopic (exact) mass is 494 g/mol. The lowest BCUT2D eigenvalue weighted by atomic mass is 9.96. The molecule has 2 aromatic carbocycles. The van der Waals surface area contributed by atoms with Crippen LogP contribution in [0.5, 0.6) is 5.88 Å².